The number of ether oxygens (including phenoxy) is 4. The van der Waals surface area contributed by atoms with Crippen LogP contribution in [0.2, 0.25) is 0 Å². The van der Waals surface area contributed by atoms with Gasteiger partial charge >= 0.3 is 5.97 Å². The Morgan fingerprint density at radius 3 is 1.84 bits per heavy atom. The molecule has 4 saturated carbocycles. The highest BCUT2D eigenvalue weighted by atomic mass is 32.2. The Morgan fingerprint density at radius 2 is 1.27 bits per heavy atom. The number of rotatable bonds is 10. The zero-order valence-electron chi connectivity index (χ0n) is 25.3. The fourth-order valence-corrected chi connectivity index (χ4v) is 9.92. The zero-order chi connectivity index (χ0) is 30.1. The van der Waals surface area contributed by atoms with Gasteiger partial charge in [0.25, 0.3) is 0 Å². The van der Waals surface area contributed by atoms with Gasteiger partial charge in [-0.25, -0.2) is 4.79 Å². The van der Waals surface area contributed by atoms with Gasteiger partial charge in [-0.05, 0) is 123 Å². The molecule has 5 nitrogen and oxygen atoms in total. The first kappa shape index (κ1) is 28.8. The van der Waals surface area contributed by atoms with E-state index in [1.54, 1.807) is 7.11 Å². The van der Waals surface area contributed by atoms with Gasteiger partial charge in [-0.3, -0.25) is 0 Å². The monoisotopic (exact) mass is 607 g/mol. The maximum atomic E-state index is 12.9. The molecule has 0 saturated heterocycles. The second-order valence-electron chi connectivity index (χ2n) is 12.6. The van der Waals surface area contributed by atoms with Crippen molar-refractivity contribution < 1.29 is 23.7 Å². The first-order valence-corrected chi connectivity index (χ1v) is 16.9. The van der Waals surface area contributed by atoms with E-state index < -0.39 is 0 Å². The normalized spacial score (nSPS) is 25.1. The lowest BCUT2D eigenvalue weighted by Gasteiger charge is -2.59. The van der Waals surface area contributed by atoms with Gasteiger partial charge in [0.15, 0.2) is 32.8 Å². The molecule has 0 atom stereocenters. The van der Waals surface area contributed by atoms with Crippen LogP contribution < -0.4 is 14.2 Å². The minimum Gasteiger partial charge on any atom is -0.493 e. The number of hydrogen-bond donors (Lipinski definition) is 0. The highest BCUT2D eigenvalue weighted by molar-refractivity contribution is 7.97. The molecule has 4 fully saturated rings. The van der Waals surface area contributed by atoms with Crippen molar-refractivity contribution >= 4 is 16.9 Å². The lowest BCUT2D eigenvalue weighted by molar-refractivity contribution is -0.204. The molecule has 4 aromatic carbocycles. The van der Waals surface area contributed by atoms with Crippen LogP contribution in [0.5, 0.6) is 23.0 Å². The topological polar surface area (TPSA) is 54.0 Å². The fraction of sp³-hybridized carbons (Fsp3) is 0.342. The summed E-state index contributed by atoms with van der Waals surface area (Å²) in [7, 11) is 1.34. The maximum absolute atomic E-state index is 12.9. The van der Waals surface area contributed by atoms with Crippen LogP contribution in [-0.2, 0) is 20.4 Å². The molecule has 0 aliphatic heterocycles. The minimum atomic E-state index is -0.347. The Bertz CT molecular complexity index is 1520. The summed E-state index contributed by atoms with van der Waals surface area (Å²) in [6.45, 7) is 2.06. The van der Waals surface area contributed by atoms with Crippen molar-refractivity contribution in [2.45, 2.75) is 59.3 Å². The molecular formula is C38H39O5S+. The third-order valence-electron chi connectivity index (χ3n) is 9.83. The quantitative estimate of drug-likeness (QED) is 0.133. The van der Waals surface area contributed by atoms with Crippen LogP contribution in [0, 0.1) is 23.7 Å². The van der Waals surface area contributed by atoms with Crippen LogP contribution in [0.4, 0.5) is 0 Å². The highest BCUT2D eigenvalue weighted by Crippen LogP contribution is 2.59. The first-order chi connectivity index (χ1) is 21.5. The molecule has 0 heterocycles. The number of esters is 1. The molecule has 226 valence electrons. The molecule has 8 rings (SSSR count). The van der Waals surface area contributed by atoms with E-state index in [0.29, 0.717) is 34.8 Å². The number of methoxy groups -OCH3 is 1. The Morgan fingerprint density at radius 1 is 0.705 bits per heavy atom. The number of hydrogen-bond acceptors (Lipinski definition) is 5. The van der Waals surface area contributed by atoms with Gasteiger partial charge in [0, 0.05) is 6.07 Å². The predicted octanol–water partition coefficient (Wildman–Crippen LogP) is 8.72. The maximum Gasteiger partial charge on any atom is 0.344 e. The molecule has 4 aliphatic rings. The number of carbonyl (C=O) groups is 1. The van der Waals surface area contributed by atoms with Gasteiger partial charge in [-0.15, -0.1) is 0 Å². The van der Waals surface area contributed by atoms with Gasteiger partial charge in [-0.2, -0.15) is 0 Å². The molecule has 0 N–H and O–H groups in total. The summed E-state index contributed by atoms with van der Waals surface area (Å²) in [5.41, 5.74) is -0.347. The van der Waals surface area contributed by atoms with Gasteiger partial charge in [-0.1, -0.05) is 36.4 Å². The average molecular weight is 608 g/mol. The van der Waals surface area contributed by atoms with E-state index in [-0.39, 0.29) is 29.1 Å². The van der Waals surface area contributed by atoms with Crippen LogP contribution in [0.3, 0.4) is 0 Å². The molecule has 6 heteroatoms. The van der Waals surface area contributed by atoms with E-state index in [9.17, 15) is 4.79 Å². The van der Waals surface area contributed by atoms with Crippen LogP contribution in [0.25, 0.3) is 0 Å². The van der Waals surface area contributed by atoms with Gasteiger partial charge in [0.05, 0.1) is 18.0 Å². The smallest absolute Gasteiger partial charge is 0.344 e. The molecule has 4 bridgehead atoms. The number of carbonyl (C=O) groups excluding carboxylic acids is 1. The Kier molecular flexibility index (Phi) is 8.02. The van der Waals surface area contributed by atoms with Crippen LogP contribution in [0.1, 0.15) is 39.0 Å². The van der Waals surface area contributed by atoms with Crippen LogP contribution in [-0.4, -0.2) is 25.3 Å². The summed E-state index contributed by atoms with van der Waals surface area (Å²) in [5.74, 6) is 4.90. The highest BCUT2D eigenvalue weighted by Gasteiger charge is 2.57. The predicted molar refractivity (Wildman–Crippen MR) is 172 cm³/mol. The third-order valence-corrected chi connectivity index (χ3v) is 12.0. The first-order valence-electron chi connectivity index (χ1n) is 15.6. The largest absolute Gasteiger partial charge is 0.493 e. The van der Waals surface area contributed by atoms with E-state index >= 15 is 0 Å². The average Bonchev–Trinajstić information content (AvgIpc) is 3.04. The van der Waals surface area contributed by atoms with Crippen molar-refractivity contribution in [1.29, 1.82) is 0 Å². The van der Waals surface area contributed by atoms with Crippen molar-refractivity contribution in [3.8, 4) is 23.0 Å². The summed E-state index contributed by atoms with van der Waals surface area (Å²) in [6.07, 6.45) is 6.18. The number of benzene rings is 4. The van der Waals surface area contributed by atoms with E-state index in [0.717, 1.165) is 16.7 Å². The summed E-state index contributed by atoms with van der Waals surface area (Å²) >= 11 is 0. The second-order valence-corrected chi connectivity index (χ2v) is 14.6. The molecule has 0 aromatic heterocycles. The molecule has 4 aromatic rings. The van der Waals surface area contributed by atoms with Crippen molar-refractivity contribution in [2.24, 2.45) is 23.7 Å². The molecule has 0 unspecified atom stereocenters. The SMILES string of the molecule is COc1ccc([S+](c2ccccc2)c2ccccc2)cc1Oc1ccc(OCC(=O)OC2(C)C3CC4CC(C3)CC2C4)cc1. The van der Waals surface area contributed by atoms with E-state index in [1.165, 1.54) is 41.9 Å². The van der Waals surface area contributed by atoms with Crippen LogP contribution in [0.15, 0.2) is 118 Å². The van der Waals surface area contributed by atoms with Crippen LogP contribution >= 0.6 is 0 Å². The summed E-state index contributed by atoms with van der Waals surface area (Å²) in [5, 5.41) is 0. The van der Waals surface area contributed by atoms with E-state index in [2.05, 4.69) is 67.6 Å². The van der Waals surface area contributed by atoms with E-state index in [4.69, 9.17) is 18.9 Å². The summed E-state index contributed by atoms with van der Waals surface area (Å²) in [6, 6.07) is 34.5. The Hall–Kier alpha value is -3.90. The molecule has 0 spiro atoms. The Balaban J connectivity index is 1.02. The molecule has 0 radical (unpaired) electrons. The van der Waals surface area contributed by atoms with Crippen molar-refractivity contribution in [1.82, 2.24) is 0 Å². The van der Waals surface area contributed by atoms with E-state index in [1.807, 2.05) is 42.5 Å². The third kappa shape index (κ3) is 5.80. The molecule has 4 aliphatic carbocycles. The fourth-order valence-electron chi connectivity index (χ4n) is 7.82. The van der Waals surface area contributed by atoms with Crippen molar-refractivity contribution in [3.63, 3.8) is 0 Å². The summed E-state index contributed by atoms with van der Waals surface area (Å²) < 4.78 is 24.0. The zero-order valence-corrected chi connectivity index (χ0v) is 26.1. The minimum absolute atomic E-state index is 0.0980. The van der Waals surface area contributed by atoms with Gasteiger partial charge in [0.1, 0.15) is 17.1 Å². The second kappa shape index (κ2) is 12.2. The lowest BCUT2D eigenvalue weighted by Crippen LogP contribution is -2.58. The molecule has 0 amide bonds. The summed E-state index contributed by atoms with van der Waals surface area (Å²) in [4.78, 5) is 16.5. The van der Waals surface area contributed by atoms with Gasteiger partial charge in [0.2, 0.25) is 0 Å². The van der Waals surface area contributed by atoms with Crippen molar-refractivity contribution in [3.05, 3.63) is 103 Å². The van der Waals surface area contributed by atoms with Gasteiger partial charge < -0.3 is 18.9 Å². The molecule has 44 heavy (non-hydrogen) atoms. The lowest BCUT2D eigenvalue weighted by atomic mass is 9.50. The standard InChI is InChI=1S/C38H39O5S/c1-38(28-20-26-19-27(22-28)23-29(38)21-26)43-37(39)25-41-30-13-15-31(16-14-30)42-36-24-34(17-18-35(36)40-2)44(32-9-5-3-6-10-32)33-11-7-4-8-12-33/h3-18,24,26-29H,19-23,25H2,1-2H3/q+1. The van der Waals surface area contributed by atoms with Crippen molar-refractivity contribution in [2.75, 3.05) is 13.7 Å². The molecular weight excluding hydrogens is 568 g/mol. The Labute approximate surface area is 262 Å².